The molecule has 0 bridgehead atoms. The van der Waals surface area contributed by atoms with Gasteiger partial charge in [0, 0.05) is 28.0 Å². The van der Waals surface area contributed by atoms with Crippen molar-refractivity contribution in [3.05, 3.63) is 53.1 Å². The molecule has 3 aromatic rings. The summed E-state index contributed by atoms with van der Waals surface area (Å²) in [5, 5.41) is 1.73. The molecule has 0 amide bonds. The lowest BCUT2D eigenvalue weighted by Gasteiger charge is -2.06. The fourth-order valence-electron chi connectivity index (χ4n) is 2.69. The third-order valence-electron chi connectivity index (χ3n) is 3.94. The molecule has 1 aromatic heterocycles. The molecule has 0 N–H and O–H groups in total. The van der Waals surface area contributed by atoms with E-state index in [1.165, 1.54) is 4.90 Å². The predicted octanol–water partition coefficient (Wildman–Crippen LogP) is 5.77. The Hall–Kier alpha value is -1.63. The average molecular weight is 421 g/mol. The fraction of sp³-hybridized carbons (Fsp3) is 0.300. The highest BCUT2D eigenvalue weighted by molar-refractivity contribution is 8.02. The van der Waals surface area contributed by atoms with Crippen LogP contribution in [0.25, 0.3) is 11.0 Å². The zero-order valence-corrected chi connectivity index (χ0v) is 17.7. The number of hydrogen-bond acceptors (Lipinski definition) is 5. The van der Waals surface area contributed by atoms with Gasteiger partial charge in [-0.2, -0.15) is 0 Å². The Labute approximate surface area is 172 Å². The molecule has 0 aliphatic carbocycles. The lowest BCUT2D eigenvalue weighted by Crippen LogP contribution is -2.04. The summed E-state index contributed by atoms with van der Waals surface area (Å²) in [7, 11) is 0. The fourth-order valence-corrected chi connectivity index (χ4v) is 4.77. The summed E-state index contributed by atoms with van der Waals surface area (Å²) in [5.74, 6) is 1.62. The number of benzene rings is 2. The first kappa shape index (κ1) is 20.1. The molecular weight excluding hydrogens is 400 g/mol. The minimum atomic E-state index is -0.306. The number of rotatable bonds is 8. The van der Waals surface area contributed by atoms with Crippen LogP contribution in [0.5, 0.6) is 0 Å². The van der Waals surface area contributed by atoms with Crippen LogP contribution < -0.4 is 0 Å². The second-order valence-corrected chi connectivity index (χ2v) is 8.38. The Kier molecular flexibility index (Phi) is 7.10. The number of carbonyl (C=O) groups excluding carboxylic acids is 1. The summed E-state index contributed by atoms with van der Waals surface area (Å²) in [5.41, 5.74) is 2.41. The molecule has 3 rings (SSSR count). The smallest absolute Gasteiger partial charge is 0.338 e. The van der Waals surface area contributed by atoms with Gasteiger partial charge in [0.15, 0.2) is 5.16 Å². The Morgan fingerprint density at radius 1 is 1.11 bits per heavy atom. The molecule has 0 atom stereocenters. The van der Waals surface area contributed by atoms with E-state index in [0.717, 1.165) is 39.3 Å². The van der Waals surface area contributed by atoms with Gasteiger partial charge in [-0.05, 0) is 56.3 Å². The van der Waals surface area contributed by atoms with Crippen LogP contribution in [0.3, 0.4) is 0 Å². The van der Waals surface area contributed by atoms with Gasteiger partial charge in [0.25, 0.3) is 0 Å². The van der Waals surface area contributed by atoms with Gasteiger partial charge in [-0.3, -0.25) is 0 Å². The zero-order chi connectivity index (χ0) is 19.2. The van der Waals surface area contributed by atoms with Crippen LogP contribution in [0.4, 0.5) is 0 Å². The summed E-state index contributed by atoms with van der Waals surface area (Å²) in [6.07, 6.45) is 0. The second-order valence-electron chi connectivity index (χ2n) is 5.71. The molecule has 0 fully saturated rings. The van der Waals surface area contributed by atoms with Gasteiger partial charge in [-0.25, -0.2) is 9.78 Å². The average Bonchev–Trinajstić information content (AvgIpc) is 3.03. The number of aromatic nitrogens is 2. The maximum Gasteiger partial charge on any atom is 0.338 e. The van der Waals surface area contributed by atoms with Gasteiger partial charge in [0.2, 0.25) is 0 Å². The molecule has 0 radical (unpaired) electrons. The van der Waals surface area contributed by atoms with Crippen molar-refractivity contribution >= 4 is 52.1 Å². The van der Waals surface area contributed by atoms with Crippen LogP contribution in [0.1, 0.15) is 24.2 Å². The molecule has 7 heteroatoms. The van der Waals surface area contributed by atoms with E-state index in [2.05, 4.69) is 11.5 Å². The van der Waals surface area contributed by atoms with Crippen LogP contribution in [-0.4, -0.2) is 33.6 Å². The van der Waals surface area contributed by atoms with Gasteiger partial charge < -0.3 is 9.30 Å². The highest BCUT2D eigenvalue weighted by atomic mass is 35.5. The molecule has 27 heavy (non-hydrogen) atoms. The van der Waals surface area contributed by atoms with Crippen LogP contribution in [-0.2, 0) is 11.3 Å². The van der Waals surface area contributed by atoms with Crippen molar-refractivity contribution < 1.29 is 9.53 Å². The number of imidazole rings is 1. The number of carbonyl (C=O) groups is 1. The largest absolute Gasteiger partial charge is 0.462 e. The lowest BCUT2D eigenvalue weighted by atomic mass is 10.2. The molecule has 0 saturated heterocycles. The minimum absolute atomic E-state index is 0.306. The van der Waals surface area contributed by atoms with E-state index in [4.69, 9.17) is 21.3 Å². The SMILES string of the molecule is CCOC(=O)c1ccc2c(c1)nc(SCCSc1ccc(Cl)cc1)n2CC. The molecule has 2 aromatic carbocycles. The van der Waals surface area contributed by atoms with Gasteiger partial charge in [-0.15, -0.1) is 11.8 Å². The van der Waals surface area contributed by atoms with E-state index in [1.54, 1.807) is 36.5 Å². The Balaban J connectivity index is 1.68. The van der Waals surface area contributed by atoms with Crippen molar-refractivity contribution in [2.45, 2.75) is 30.4 Å². The maximum atomic E-state index is 11.9. The highest BCUT2D eigenvalue weighted by Crippen LogP contribution is 2.27. The van der Waals surface area contributed by atoms with E-state index in [9.17, 15) is 4.79 Å². The first-order valence-electron chi connectivity index (χ1n) is 8.81. The quantitative estimate of drug-likeness (QED) is 0.263. The zero-order valence-electron chi connectivity index (χ0n) is 15.3. The maximum absolute atomic E-state index is 11.9. The third-order valence-corrected chi connectivity index (χ3v) is 6.44. The monoisotopic (exact) mass is 420 g/mol. The van der Waals surface area contributed by atoms with Crippen molar-refractivity contribution in [1.82, 2.24) is 9.55 Å². The first-order valence-corrected chi connectivity index (χ1v) is 11.2. The van der Waals surface area contributed by atoms with Crippen molar-refractivity contribution in [3.8, 4) is 0 Å². The number of halogens is 1. The van der Waals surface area contributed by atoms with Crippen LogP contribution in [0, 0.1) is 0 Å². The summed E-state index contributed by atoms with van der Waals surface area (Å²) < 4.78 is 7.26. The Morgan fingerprint density at radius 2 is 1.85 bits per heavy atom. The van der Waals surface area contributed by atoms with Crippen LogP contribution in [0.2, 0.25) is 5.02 Å². The van der Waals surface area contributed by atoms with Crippen molar-refractivity contribution in [1.29, 1.82) is 0 Å². The number of nitrogens with zero attached hydrogens (tertiary/aromatic N) is 2. The van der Waals surface area contributed by atoms with Crippen LogP contribution >= 0.6 is 35.1 Å². The normalized spacial score (nSPS) is 11.1. The number of esters is 1. The molecule has 0 saturated carbocycles. The number of fused-ring (bicyclic) bond motifs is 1. The highest BCUT2D eigenvalue weighted by Gasteiger charge is 2.13. The molecule has 4 nitrogen and oxygen atoms in total. The summed E-state index contributed by atoms with van der Waals surface area (Å²) >= 11 is 9.46. The van der Waals surface area contributed by atoms with Gasteiger partial charge in [0.1, 0.15) is 0 Å². The van der Waals surface area contributed by atoms with Gasteiger partial charge >= 0.3 is 5.97 Å². The summed E-state index contributed by atoms with van der Waals surface area (Å²) in [6, 6.07) is 13.5. The lowest BCUT2D eigenvalue weighted by molar-refractivity contribution is 0.0526. The van der Waals surface area contributed by atoms with E-state index < -0.39 is 0 Å². The molecule has 0 aliphatic rings. The second kappa shape index (κ2) is 9.53. The van der Waals surface area contributed by atoms with Crippen molar-refractivity contribution in [3.63, 3.8) is 0 Å². The summed E-state index contributed by atoms with van der Waals surface area (Å²) in [6.45, 7) is 5.11. The third kappa shape index (κ3) is 5.00. The predicted molar refractivity (Wildman–Crippen MR) is 114 cm³/mol. The molecule has 0 unspecified atom stereocenters. The van der Waals surface area contributed by atoms with Gasteiger partial charge in [-0.1, -0.05) is 23.4 Å². The standard InChI is InChI=1S/C20H21ClN2O2S2/c1-3-23-18-10-5-14(19(24)25-4-2)13-17(18)22-20(23)27-12-11-26-16-8-6-15(21)7-9-16/h5-10,13H,3-4,11-12H2,1-2H3. The number of ether oxygens (including phenoxy) is 1. The van der Waals surface area contributed by atoms with Crippen molar-refractivity contribution in [2.24, 2.45) is 0 Å². The molecule has 1 heterocycles. The molecule has 0 aliphatic heterocycles. The molecule has 142 valence electrons. The Morgan fingerprint density at radius 3 is 2.56 bits per heavy atom. The van der Waals surface area contributed by atoms with Crippen LogP contribution in [0.15, 0.2) is 52.5 Å². The molecular formula is C20H21ClN2O2S2. The summed E-state index contributed by atoms with van der Waals surface area (Å²) in [4.78, 5) is 17.9. The van der Waals surface area contributed by atoms with E-state index >= 15 is 0 Å². The topological polar surface area (TPSA) is 44.1 Å². The molecule has 0 spiro atoms. The number of thioether (sulfide) groups is 2. The number of hydrogen-bond donors (Lipinski definition) is 0. The number of aryl methyl sites for hydroxylation is 1. The Bertz CT molecular complexity index is 926. The first-order chi connectivity index (χ1) is 13.1. The minimum Gasteiger partial charge on any atom is -0.462 e. The van der Waals surface area contributed by atoms with Gasteiger partial charge in [0.05, 0.1) is 23.2 Å². The van der Waals surface area contributed by atoms with E-state index in [-0.39, 0.29) is 5.97 Å². The van der Waals surface area contributed by atoms with Crippen molar-refractivity contribution in [2.75, 3.05) is 18.1 Å². The van der Waals surface area contributed by atoms with E-state index in [0.29, 0.717) is 12.2 Å². The van der Waals surface area contributed by atoms with E-state index in [1.807, 2.05) is 36.4 Å².